The van der Waals surface area contributed by atoms with Gasteiger partial charge in [-0.1, -0.05) is 0 Å². The van der Waals surface area contributed by atoms with Crippen LogP contribution in [-0.4, -0.2) is 80.1 Å². The highest BCUT2D eigenvalue weighted by Crippen LogP contribution is 2.28. The molecule has 2 fully saturated rings. The molecule has 2 aliphatic rings. The molecule has 0 unspecified atom stereocenters. The van der Waals surface area contributed by atoms with Crippen molar-refractivity contribution < 1.29 is 14.2 Å². The minimum atomic E-state index is 0.0854. The van der Waals surface area contributed by atoms with Crippen molar-refractivity contribution in [2.24, 2.45) is 5.92 Å². The van der Waals surface area contributed by atoms with E-state index in [1.54, 1.807) is 6.33 Å². The van der Waals surface area contributed by atoms with Gasteiger partial charge in [-0.05, 0) is 32.0 Å². The van der Waals surface area contributed by atoms with Gasteiger partial charge in [0, 0.05) is 44.3 Å². The highest BCUT2D eigenvalue weighted by atomic mass is 16.5. The summed E-state index contributed by atoms with van der Waals surface area (Å²) in [5.41, 5.74) is 2.12. The standard InChI is InChI=1S/C21H30N4O3/c1-16(2)28-21-19-11-18(3-4-20(19)22-15-23-21)25-7-5-24(6-8-25)12-17-13-26-9-10-27-14-17/h3-4,11,15-17H,5-10,12-14H2,1-2H3. The van der Waals surface area contributed by atoms with Gasteiger partial charge in [-0.25, -0.2) is 9.97 Å². The third-order valence-corrected chi connectivity index (χ3v) is 5.26. The molecule has 0 atom stereocenters. The predicted molar refractivity (Wildman–Crippen MR) is 109 cm³/mol. The van der Waals surface area contributed by atoms with Crippen LogP contribution < -0.4 is 9.64 Å². The Kier molecular flexibility index (Phi) is 6.24. The molecule has 28 heavy (non-hydrogen) atoms. The minimum Gasteiger partial charge on any atom is -0.474 e. The van der Waals surface area contributed by atoms with Crippen molar-refractivity contribution in [1.82, 2.24) is 14.9 Å². The van der Waals surface area contributed by atoms with Crippen LogP contribution in [0.1, 0.15) is 13.8 Å². The molecule has 7 nitrogen and oxygen atoms in total. The van der Waals surface area contributed by atoms with E-state index in [1.807, 2.05) is 13.8 Å². The van der Waals surface area contributed by atoms with Crippen molar-refractivity contribution in [3.63, 3.8) is 0 Å². The molecule has 0 bridgehead atoms. The summed E-state index contributed by atoms with van der Waals surface area (Å²) in [5, 5.41) is 0.976. The molecule has 152 valence electrons. The summed E-state index contributed by atoms with van der Waals surface area (Å²) in [6, 6.07) is 6.37. The third kappa shape index (κ3) is 4.71. The maximum atomic E-state index is 5.88. The molecule has 2 aliphatic heterocycles. The molecule has 0 spiro atoms. The summed E-state index contributed by atoms with van der Waals surface area (Å²) < 4.78 is 17.1. The van der Waals surface area contributed by atoms with Crippen LogP contribution in [0, 0.1) is 5.92 Å². The Morgan fingerprint density at radius 1 is 1.07 bits per heavy atom. The zero-order chi connectivity index (χ0) is 19.3. The lowest BCUT2D eigenvalue weighted by molar-refractivity contribution is 0.102. The zero-order valence-electron chi connectivity index (χ0n) is 16.8. The van der Waals surface area contributed by atoms with Gasteiger partial charge in [-0.2, -0.15) is 0 Å². The van der Waals surface area contributed by atoms with Gasteiger partial charge < -0.3 is 19.1 Å². The molecular formula is C21H30N4O3. The topological polar surface area (TPSA) is 60.0 Å². The number of hydrogen-bond acceptors (Lipinski definition) is 7. The molecule has 3 heterocycles. The normalized spacial score (nSPS) is 19.9. The Labute approximate surface area is 166 Å². The Morgan fingerprint density at radius 2 is 1.82 bits per heavy atom. The first-order valence-electron chi connectivity index (χ1n) is 10.2. The number of nitrogens with zero attached hydrogens (tertiary/aromatic N) is 4. The van der Waals surface area contributed by atoms with Gasteiger partial charge in [0.15, 0.2) is 0 Å². The van der Waals surface area contributed by atoms with Crippen molar-refractivity contribution in [1.29, 1.82) is 0 Å². The lowest BCUT2D eigenvalue weighted by atomic mass is 10.1. The summed E-state index contributed by atoms with van der Waals surface area (Å²) >= 11 is 0. The second-order valence-corrected chi connectivity index (χ2v) is 7.85. The van der Waals surface area contributed by atoms with Gasteiger partial charge in [0.1, 0.15) is 6.33 Å². The zero-order valence-corrected chi connectivity index (χ0v) is 16.8. The summed E-state index contributed by atoms with van der Waals surface area (Å²) in [6.45, 7) is 12.3. The second kappa shape index (κ2) is 9.03. The van der Waals surface area contributed by atoms with Crippen molar-refractivity contribution in [3.8, 4) is 5.88 Å². The first-order valence-corrected chi connectivity index (χ1v) is 10.2. The molecule has 1 aromatic heterocycles. The number of fused-ring (bicyclic) bond motifs is 1. The van der Waals surface area contributed by atoms with Crippen molar-refractivity contribution in [2.45, 2.75) is 20.0 Å². The van der Waals surface area contributed by atoms with E-state index in [2.05, 4.69) is 38.0 Å². The lowest BCUT2D eigenvalue weighted by Crippen LogP contribution is -2.48. The van der Waals surface area contributed by atoms with Crippen LogP contribution in [0.25, 0.3) is 10.9 Å². The third-order valence-electron chi connectivity index (χ3n) is 5.26. The van der Waals surface area contributed by atoms with Crippen molar-refractivity contribution >= 4 is 16.6 Å². The van der Waals surface area contributed by atoms with Crippen LogP contribution >= 0.6 is 0 Å². The molecule has 2 saturated heterocycles. The summed E-state index contributed by atoms with van der Waals surface area (Å²) in [6.07, 6.45) is 1.65. The van der Waals surface area contributed by atoms with Crippen LogP contribution in [0.4, 0.5) is 5.69 Å². The highest BCUT2D eigenvalue weighted by Gasteiger charge is 2.22. The largest absolute Gasteiger partial charge is 0.474 e. The van der Waals surface area contributed by atoms with Crippen LogP contribution in [-0.2, 0) is 9.47 Å². The van der Waals surface area contributed by atoms with Crippen molar-refractivity contribution in [3.05, 3.63) is 24.5 Å². The monoisotopic (exact) mass is 386 g/mol. The van der Waals surface area contributed by atoms with Gasteiger partial charge in [0.2, 0.25) is 5.88 Å². The predicted octanol–water partition coefficient (Wildman–Crippen LogP) is 2.20. The molecule has 4 rings (SSSR count). The molecule has 0 radical (unpaired) electrons. The Hall–Kier alpha value is -1.96. The fourth-order valence-corrected chi connectivity index (χ4v) is 3.86. The SMILES string of the molecule is CC(C)Oc1ncnc2ccc(N3CCN(CC4COCCOC4)CC3)cc12. The summed E-state index contributed by atoms with van der Waals surface area (Å²) in [4.78, 5) is 13.7. The Balaban J connectivity index is 1.40. The fourth-order valence-electron chi connectivity index (χ4n) is 3.86. The van der Waals surface area contributed by atoms with Gasteiger partial charge >= 0.3 is 0 Å². The number of ether oxygens (including phenoxy) is 3. The van der Waals surface area contributed by atoms with E-state index in [-0.39, 0.29) is 6.10 Å². The average molecular weight is 386 g/mol. The number of hydrogen-bond donors (Lipinski definition) is 0. The van der Waals surface area contributed by atoms with Crippen LogP contribution in [0.2, 0.25) is 0 Å². The molecule has 0 aliphatic carbocycles. The molecule has 1 aromatic carbocycles. The maximum Gasteiger partial charge on any atom is 0.224 e. The molecule has 0 saturated carbocycles. The average Bonchev–Trinajstić information content (AvgIpc) is 2.97. The number of piperazine rings is 1. The summed E-state index contributed by atoms with van der Waals surface area (Å²) in [7, 11) is 0. The first kappa shape index (κ1) is 19.4. The molecule has 2 aromatic rings. The highest BCUT2D eigenvalue weighted by molar-refractivity contribution is 5.86. The van der Waals surface area contributed by atoms with E-state index in [4.69, 9.17) is 14.2 Å². The van der Waals surface area contributed by atoms with E-state index in [0.29, 0.717) is 11.8 Å². The number of rotatable bonds is 5. The molecular weight excluding hydrogens is 356 g/mol. The number of benzene rings is 1. The van der Waals surface area contributed by atoms with Crippen LogP contribution in [0.15, 0.2) is 24.5 Å². The first-order chi connectivity index (χ1) is 13.7. The molecule has 7 heteroatoms. The van der Waals surface area contributed by atoms with Gasteiger partial charge in [-0.15, -0.1) is 0 Å². The van der Waals surface area contributed by atoms with E-state index in [9.17, 15) is 0 Å². The smallest absolute Gasteiger partial charge is 0.224 e. The number of anilines is 1. The van der Waals surface area contributed by atoms with Crippen molar-refractivity contribution in [2.75, 3.05) is 64.1 Å². The number of aromatic nitrogens is 2. The minimum absolute atomic E-state index is 0.0854. The lowest BCUT2D eigenvalue weighted by Gasteiger charge is -2.37. The van der Waals surface area contributed by atoms with Crippen LogP contribution in [0.5, 0.6) is 5.88 Å². The van der Waals surface area contributed by atoms with E-state index < -0.39 is 0 Å². The van der Waals surface area contributed by atoms with E-state index in [0.717, 1.165) is 70.1 Å². The quantitative estimate of drug-likeness (QED) is 0.781. The Bertz CT molecular complexity index is 769. The Morgan fingerprint density at radius 3 is 2.54 bits per heavy atom. The second-order valence-electron chi connectivity index (χ2n) is 7.85. The van der Waals surface area contributed by atoms with Crippen LogP contribution in [0.3, 0.4) is 0 Å². The van der Waals surface area contributed by atoms with E-state index in [1.165, 1.54) is 5.69 Å². The maximum absolute atomic E-state index is 5.88. The molecule has 0 N–H and O–H groups in total. The molecule has 0 amide bonds. The van der Waals surface area contributed by atoms with Gasteiger partial charge in [0.25, 0.3) is 0 Å². The van der Waals surface area contributed by atoms with Gasteiger partial charge in [0.05, 0.1) is 43.4 Å². The van der Waals surface area contributed by atoms with E-state index >= 15 is 0 Å². The van der Waals surface area contributed by atoms with Gasteiger partial charge in [-0.3, -0.25) is 4.90 Å². The fraction of sp³-hybridized carbons (Fsp3) is 0.619. The summed E-state index contributed by atoms with van der Waals surface area (Å²) in [5.74, 6) is 1.14.